The van der Waals surface area contributed by atoms with Gasteiger partial charge in [0, 0.05) is 19.0 Å². The van der Waals surface area contributed by atoms with E-state index < -0.39 is 5.97 Å². The number of hydrogen-bond acceptors (Lipinski definition) is 4. The number of carboxylic acids is 1. The van der Waals surface area contributed by atoms with Crippen molar-refractivity contribution in [2.75, 3.05) is 26.3 Å². The van der Waals surface area contributed by atoms with Gasteiger partial charge in [-0.15, -0.1) is 0 Å². The Labute approximate surface area is 107 Å². The number of nitrogens with one attached hydrogen (secondary N) is 1. The minimum Gasteiger partial charge on any atom is -0.481 e. The molecule has 6 heteroatoms. The predicted octanol–water partition coefficient (Wildman–Crippen LogP) is 0.0766. The maximum atomic E-state index is 12.0. The number of ether oxygens (including phenoxy) is 1. The Morgan fingerprint density at radius 2 is 2.22 bits per heavy atom. The highest BCUT2D eigenvalue weighted by atomic mass is 16.5. The average molecular weight is 258 g/mol. The molecule has 1 heterocycles. The summed E-state index contributed by atoms with van der Waals surface area (Å²) in [5, 5.41) is 11.5. The van der Waals surface area contributed by atoms with Gasteiger partial charge >= 0.3 is 5.97 Å². The molecule has 1 atom stereocenters. The number of hydrogen-bond donors (Lipinski definition) is 2. The lowest BCUT2D eigenvalue weighted by molar-refractivity contribution is -0.137. The summed E-state index contributed by atoms with van der Waals surface area (Å²) in [5.74, 6) is -0.841. The fourth-order valence-corrected chi connectivity index (χ4v) is 1.96. The van der Waals surface area contributed by atoms with E-state index in [1.807, 2.05) is 18.7 Å². The highest BCUT2D eigenvalue weighted by molar-refractivity contribution is 5.82. The second kappa shape index (κ2) is 7.33. The normalized spacial score (nSPS) is 20.9. The molecule has 0 spiro atoms. The molecule has 0 bridgehead atoms. The SMILES string of the molecule is CC(C)NC(=O)C1COCCN1CCCC(=O)O. The molecule has 18 heavy (non-hydrogen) atoms. The van der Waals surface area contributed by atoms with Crippen molar-refractivity contribution >= 4 is 11.9 Å². The fourth-order valence-electron chi connectivity index (χ4n) is 1.96. The predicted molar refractivity (Wildman–Crippen MR) is 66.3 cm³/mol. The Bertz CT molecular complexity index is 294. The quantitative estimate of drug-likeness (QED) is 0.705. The van der Waals surface area contributed by atoms with Crippen molar-refractivity contribution in [1.29, 1.82) is 0 Å². The third kappa shape index (κ3) is 5.01. The van der Waals surface area contributed by atoms with E-state index in [1.54, 1.807) is 0 Å². The molecule has 1 saturated heterocycles. The number of carboxylic acid groups (broad SMARTS) is 1. The lowest BCUT2D eigenvalue weighted by atomic mass is 10.1. The summed E-state index contributed by atoms with van der Waals surface area (Å²) in [7, 11) is 0. The summed E-state index contributed by atoms with van der Waals surface area (Å²) in [6.45, 7) is 6.10. The molecular formula is C12H22N2O4. The minimum absolute atomic E-state index is 0.0416. The summed E-state index contributed by atoms with van der Waals surface area (Å²) >= 11 is 0. The van der Waals surface area contributed by atoms with Crippen LogP contribution in [-0.2, 0) is 14.3 Å². The van der Waals surface area contributed by atoms with Crippen LogP contribution in [0.5, 0.6) is 0 Å². The summed E-state index contributed by atoms with van der Waals surface area (Å²) < 4.78 is 5.32. The lowest BCUT2D eigenvalue weighted by Gasteiger charge is -2.34. The van der Waals surface area contributed by atoms with Gasteiger partial charge in [-0.3, -0.25) is 14.5 Å². The summed E-state index contributed by atoms with van der Waals surface area (Å²) in [4.78, 5) is 24.5. The van der Waals surface area contributed by atoms with E-state index in [0.717, 1.165) is 0 Å². The third-order valence-electron chi connectivity index (χ3n) is 2.81. The highest BCUT2D eigenvalue weighted by Gasteiger charge is 2.29. The number of carbonyl (C=O) groups excluding carboxylic acids is 1. The van der Waals surface area contributed by atoms with Crippen molar-refractivity contribution in [1.82, 2.24) is 10.2 Å². The first-order chi connectivity index (χ1) is 8.50. The van der Waals surface area contributed by atoms with Crippen LogP contribution in [0.1, 0.15) is 26.7 Å². The Kier molecular flexibility index (Phi) is 6.07. The van der Waals surface area contributed by atoms with Gasteiger partial charge in [0.25, 0.3) is 0 Å². The zero-order valence-electron chi connectivity index (χ0n) is 11.0. The molecule has 1 amide bonds. The average Bonchev–Trinajstić information content (AvgIpc) is 2.28. The Morgan fingerprint density at radius 3 is 2.83 bits per heavy atom. The van der Waals surface area contributed by atoms with Crippen LogP contribution in [0, 0.1) is 0 Å². The summed E-state index contributed by atoms with van der Waals surface area (Å²) in [6, 6.07) is -0.199. The van der Waals surface area contributed by atoms with E-state index in [-0.39, 0.29) is 24.4 Å². The van der Waals surface area contributed by atoms with Crippen LogP contribution in [0.4, 0.5) is 0 Å². The van der Waals surface area contributed by atoms with E-state index in [2.05, 4.69) is 5.32 Å². The van der Waals surface area contributed by atoms with Crippen LogP contribution < -0.4 is 5.32 Å². The molecule has 0 aromatic heterocycles. The molecule has 0 aromatic carbocycles. The van der Waals surface area contributed by atoms with Crippen molar-refractivity contribution in [3.05, 3.63) is 0 Å². The molecule has 1 aliphatic rings. The molecule has 1 rings (SSSR count). The largest absolute Gasteiger partial charge is 0.481 e. The van der Waals surface area contributed by atoms with E-state index in [0.29, 0.717) is 32.7 Å². The van der Waals surface area contributed by atoms with Crippen LogP contribution in [0.3, 0.4) is 0 Å². The molecule has 1 fully saturated rings. The number of carbonyl (C=O) groups is 2. The van der Waals surface area contributed by atoms with Gasteiger partial charge in [0.2, 0.25) is 5.91 Å². The zero-order valence-corrected chi connectivity index (χ0v) is 11.0. The van der Waals surface area contributed by atoms with Crippen molar-refractivity contribution in [3.63, 3.8) is 0 Å². The monoisotopic (exact) mass is 258 g/mol. The number of amides is 1. The highest BCUT2D eigenvalue weighted by Crippen LogP contribution is 2.09. The van der Waals surface area contributed by atoms with Crippen LogP contribution in [0.25, 0.3) is 0 Å². The summed E-state index contributed by atoms with van der Waals surface area (Å²) in [5.41, 5.74) is 0. The molecule has 2 N–H and O–H groups in total. The third-order valence-corrected chi connectivity index (χ3v) is 2.81. The summed E-state index contributed by atoms with van der Waals surface area (Å²) in [6.07, 6.45) is 0.691. The standard InChI is InChI=1S/C12H22N2O4/c1-9(2)13-12(17)10-8-18-7-6-14(10)5-3-4-11(15)16/h9-10H,3-8H2,1-2H3,(H,13,17)(H,15,16). The molecule has 0 aromatic rings. The van der Waals surface area contributed by atoms with Crippen LogP contribution >= 0.6 is 0 Å². The first-order valence-electron chi connectivity index (χ1n) is 6.34. The van der Waals surface area contributed by atoms with Gasteiger partial charge in [-0.1, -0.05) is 0 Å². The van der Waals surface area contributed by atoms with Crippen LogP contribution in [-0.4, -0.2) is 60.3 Å². The van der Waals surface area contributed by atoms with Crippen molar-refractivity contribution in [2.45, 2.75) is 38.8 Å². The zero-order chi connectivity index (χ0) is 13.5. The maximum Gasteiger partial charge on any atom is 0.303 e. The van der Waals surface area contributed by atoms with E-state index in [4.69, 9.17) is 9.84 Å². The van der Waals surface area contributed by atoms with Gasteiger partial charge in [0.1, 0.15) is 6.04 Å². The number of morpholine rings is 1. The second-order valence-electron chi connectivity index (χ2n) is 4.79. The van der Waals surface area contributed by atoms with Crippen molar-refractivity contribution in [2.24, 2.45) is 0 Å². The lowest BCUT2D eigenvalue weighted by Crippen LogP contribution is -2.55. The molecule has 0 radical (unpaired) electrons. The van der Waals surface area contributed by atoms with Crippen LogP contribution in [0.2, 0.25) is 0 Å². The van der Waals surface area contributed by atoms with E-state index >= 15 is 0 Å². The van der Waals surface area contributed by atoms with Crippen LogP contribution in [0.15, 0.2) is 0 Å². The molecule has 1 unspecified atom stereocenters. The van der Waals surface area contributed by atoms with Gasteiger partial charge in [-0.2, -0.15) is 0 Å². The van der Waals surface area contributed by atoms with Gasteiger partial charge in [0.15, 0.2) is 0 Å². The van der Waals surface area contributed by atoms with E-state index in [9.17, 15) is 9.59 Å². The Balaban J connectivity index is 2.45. The molecule has 104 valence electrons. The van der Waals surface area contributed by atoms with Gasteiger partial charge < -0.3 is 15.2 Å². The molecule has 6 nitrogen and oxygen atoms in total. The van der Waals surface area contributed by atoms with Gasteiger partial charge in [-0.05, 0) is 26.8 Å². The maximum absolute atomic E-state index is 12.0. The molecule has 0 aliphatic carbocycles. The van der Waals surface area contributed by atoms with Crippen molar-refractivity contribution in [3.8, 4) is 0 Å². The first-order valence-corrected chi connectivity index (χ1v) is 6.34. The van der Waals surface area contributed by atoms with Gasteiger partial charge in [-0.25, -0.2) is 0 Å². The number of aliphatic carboxylic acids is 1. The molecule has 0 saturated carbocycles. The fraction of sp³-hybridized carbons (Fsp3) is 0.833. The first kappa shape index (κ1) is 14.9. The molecular weight excluding hydrogens is 236 g/mol. The van der Waals surface area contributed by atoms with Gasteiger partial charge in [0.05, 0.1) is 13.2 Å². The topological polar surface area (TPSA) is 78.9 Å². The second-order valence-corrected chi connectivity index (χ2v) is 4.79. The number of nitrogens with zero attached hydrogens (tertiary/aromatic N) is 1. The smallest absolute Gasteiger partial charge is 0.303 e. The minimum atomic E-state index is -0.800. The Morgan fingerprint density at radius 1 is 1.50 bits per heavy atom. The number of rotatable bonds is 6. The van der Waals surface area contributed by atoms with E-state index in [1.165, 1.54) is 0 Å². The molecule has 1 aliphatic heterocycles. The Hall–Kier alpha value is -1.14. The van der Waals surface area contributed by atoms with Crippen molar-refractivity contribution < 1.29 is 19.4 Å².